The van der Waals surface area contributed by atoms with Crippen LogP contribution in [0.3, 0.4) is 0 Å². The molecule has 0 saturated heterocycles. The van der Waals surface area contributed by atoms with Crippen molar-refractivity contribution in [3.05, 3.63) is 0 Å². The topological polar surface area (TPSA) is 139 Å². The van der Waals surface area contributed by atoms with Gasteiger partial charge in [-0.15, -0.1) is 5.12 Å². The van der Waals surface area contributed by atoms with Crippen LogP contribution in [0.2, 0.25) is 0 Å². The highest BCUT2D eigenvalue weighted by Crippen LogP contribution is 2.11. The number of rotatable bonds is 25. The van der Waals surface area contributed by atoms with Crippen molar-refractivity contribution in [3.63, 3.8) is 0 Å². The van der Waals surface area contributed by atoms with Crippen LogP contribution in [-0.4, -0.2) is 73.3 Å². The average Bonchev–Trinajstić information content (AvgIpc) is 2.85. The molecule has 0 unspecified atom stereocenters. The molecule has 0 bridgehead atoms. The predicted molar refractivity (Wildman–Crippen MR) is 129 cm³/mol. The zero-order valence-corrected chi connectivity index (χ0v) is 21.2. The third-order valence-corrected chi connectivity index (χ3v) is 5.39. The molecule has 0 aliphatic rings. The molecule has 0 saturated carbocycles. The van der Waals surface area contributed by atoms with E-state index in [2.05, 4.69) is 14.8 Å². The molecule has 11 nitrogen and oxygen atoms in total. The van der Waals surface area contributed by atoms with Crippen molar-refractivity contribution in [2.24, 2.45) is 0 Å². The average molecular weight is 495 g/mol. The number of unbranched alkanes of at least 4 members (excludes halogenated alkanes) is 9. The molecular weight excluding hydrogens is 452 g/mol. The molecule has 0 aromatic heterocycles. The van der Waals surface area contributed by atoms with Gasteiger partial charge >= 0.3 is 0 Å². The highest BCUT2D eigenvalue weighted by molar-refractivity contribution is 5.72. The summed E-state index contributed by atoms with van der Waals surface area (Å²) in [5, 5.41) is 24.5. The van der Waals surface area contributed by atoms with E-state index in [0.29, 0.717) is 39.4 Å². The molecule has 0 atom stereocenters. The molecular formula is C24H42N6O5. The molecule has 3 amide bonds. The summed E-state index contributed by atoms with van der Waals surface area (Å²) in [6.07, 6.45) is 15.1. The van der Waals surface area contributed by atoms with Gasteiger partial charge in [-0.25, -0.2) is 0 Å². The normalized spacial score (nSPS) is 10.2. The van der Waals surface area contributed by atoms with Crippen molar-refractivity contribution in [2.75, 3.05) is 39.4 Å². The number of hydrazine groups is 2. The molecule has 0 aromatic carbocycles. The summed E-state index contributed by atoms with van der Waals surface area (Å²) < 4.78 is 9.35. The molecule has 0 rings (SSSR count). The zero-order valence-electron chi connectivity index (χ0n) is 21.2. The van der Waals surface area contributed by atoms with Gasteiger partial charge in [0.25, 0.3) is 12.5 Å². The zero-order chi connectivity index (χ0) is 26.0. The number of nitrogens with zero attached hydrogens (tertiary/aromatic N) is 5. The smallest absolute Gasteiger partial charge is 0.286 e. The maximum Gasteiger partial charge on any atom is 0.286 e. The minimum absolute atomic E-state index is 0.0328. The Morgan fingerprint density at radius 1 is 0.714 bits per heavy atom. The van der Waals surface area contributed by atoms with Gasteiger partial charge in [0.2, 0.25) is 18.7 Å². The summed E-state index contributed by atoms with van der Waals surface area (Å²) in [6, 6.07) is 0. The Hall–Kier alpha value is -3.05. The van der Waals surface area contributed by atoms with Crippen LogP contribution in [0.15, 0.2) is 0 Å². The Morgan fingerprint density at radius 2 is 1.14 bits per heavy atom. The lowest BCUT2D eigenvalue weighted by Crippen LogP contribution is -2.53. The number of amides is 3. The van der Waals surface area contributed by atoms with Crippen LogP contribution in [0.5, 0.6) is 0 Å². The lowest BCUT2D eigenvalue weighted by atomic mass is 10.2. The summed E-state index contributed by atoms with van der Waals surface area (Å²) in [7, 11) is 0. The molecule has 198 valence electrons. The van der Waals surface area contributed by atoms with Gasteiger partial charge in [-0.2, -0.15) is 10.5 Å². The number of nitrogens with one attached hydrogen (secondary N) is 1. The van der Waals surface area contributed by atoms with E-state index in [1.165, 1.54) is 6.92 Å². The van der Waals surface area contributed by atoms with E-state index in [0.717, 1.165) is 89.9 Å². The Morgan fingerprint density at radius 3 is 1.57 bits per heavy atom. The fourth-order valence-corrected chi connectivity index (χ4v) is 3.54. The van der Waals surface area contributed by atoms with Crippen molar-refractivity contribution in [3.8, 4) is 12.5 Å². The van der Waals surface area contributed by atoms with Gasteiger partial charge in [-0.1, -0.05) is 25.7 Å². The van der Waals surface area contributed by atoms with Crippen LogP contribution in [0.1, 0.15) is 84.0 Å². The maximum absolute atomic E-state index is 11.9. The lowest BCUT2D eigenvalue weighted by molar-refractivity contribution is -0.186. The van der Waals surface area contributed by atoms with Crippen molar-refractivity contribution >= 4 is 18.7 Å². The SMILES string of the molecule is CC(=O)NCCCCCCN(N(C=O)CCCCCCOC#N)N(C=O)CCCCCCOC#N. The molecule has 0 aromatic rings. The van der Waals surface area contributed by atoms with Gasteiger partial charge in [0.15, 0.2) is 0 Å². The highest BCUT2D eigenvalue weighted by atomic mass is 16.5. The predicted octanol–water partition coefficient (Wildman–Crippen LogP) is 2.85. The van der Waals surface area contributed by atoms with E-state index in [1.54, 1.807) is 27.6 Å². The maximum atomic E-state index is 11.9. The number of nitriles is 2. The Kier molecular flexibility index (Phi) is 22.0. The van der Waals surface area contributed by atoms with E-state index in [-0.39, 0.29) is 5.91 Å². The van der Waals surface area contributed by atoms with Crippen molar-refractivity contribution in [1.82, 2.24) is 20.5 Å². The third kappa shape index (κ3) is 19.0. The number of carbonyl (C=O) groups is 3. The van der Waals surface area contributed by atoms with Crippen LogP contribution in [0.4, 0.5) is 0 Å². The summed E-state index contributed by atoms with van der Waals surface area (Å²) in [6.45, 7) is 4.51. The molecule has 0 fully saturated rings. The van der Waals surface area contributed by atoms with Crippen molar-refractivity contribution in [2.45, 2.75) is 84.0 Å². The van der Waals surface area contributed by atoms with Gasteiger partial charge < -0.3 is 14.8 Å². The molecule has 0 aliphatic heterocycles. The Labute approximate surface area is 209 Å². The number of carbonyl (C=O) groups excluding carboxylic acids is 3. The largest absolute Gasteiger partial charge is 0.428 e. The number of hydrogen-bond donors (Lipinski definition) is 1. The first-order valence-corrected chi connectivity index (χ1v) is 12.6. The number of ether oxygens (including phenoxy) is 2. The monoisotopic (exact) mass is 494 g/mol. The van der Waals surface area contributed by atoms with Crippen LogP contribution in [-0.2, 0) is 23.9 Å². The second-order valence-corrected chi connectivity index (χ2v) is 8.24. The minimum atomic E-state index is -0.0328. The minimum Gasteiger partial charge on any atom is -0.428 e. The second-order valence-electron chi connectivity index (χ2n) is 8.24. The molecule has 0 aliphatic carbocycles. The van der Waals surface area contributed by atoms with Crippen molar-refractivity contribution in [1.29, 1.82) is 10.5 Å². The first-order valence-electron chi connectivity index (χ1n) is 12.6. The quantitative estimate of drug-likeness (QED) is 0.0884. The van der Waals surface area contributed by atoms with Crippen LogP contribution in [0.25, 0.3) is 0 Å². The van der Waals surface area contributed by atoms with Gasteiger partial charge in [-0.3, -0.25) is 24.4 Å². The molecule has 0 radical (unpaired) electrons. The van der Waals surface area contributed by atoms with E-state index in [4.69, 9.17) is 10.5 Å². The van der Waals surface area contributed by atoms with Gasteiger partial charge in [-0.05, 0) is 51.4 Å². The van der Waals surface area contributed by atoms with E-state index >= 15 is 0 Å². The fraction of sp³-hybridized carbons (Fsp3) is 0.792. The number of hydrogen-bond acceptors (Lipinski definition) is 8. The summed E-state index contributed by atoms with van der Waals surface area (Å²) in [5.74, 6) is -0.0328. The summed E-state index contributed by atoms with van der Waals surface area (Å²) >= 11 is 0. The van der Waals surface area contributed by atoms with Gasteiger partial charge in [0, 0.05) is 33.1 Å². The lowest BCUT2D eigenvalue weighted by Gasteiger charge is -2.38. The Bertz CT molecular complexity index is 597. The van der Waals surface area contributed by atoms with Crippen molar-refractivity contribution < 1.29 is 23.9 Å². The van der Waals surface area contributed by atoms with Gasteiger partial charge in [0.1, 0.15) is 13.2 Å². The Balaban J connectivity index is 4.67. The standard InChI is InChI=1S/C24H42N6O5/c1-24(33)27-14-8-2-3-11-17-30(28(22-31)15-9-4-6-12-18-34-20-25)29(23-32)16-10-5-7-13-19-35-21-26/h22-23H,2-19H2,1H3,(H,27,33). The molecule has 35 heavy (non-hydrogen) atoms. The first kappa shape index (κ1) is 31.9. The van der Waals surface area contributed by atoms with E-state index in [9.17, 15) is 14.4 Å². The molecule has 11 heteroatoms. The molecule has 0 spiro atoms. The van der Waals surface area contributed by atoms with Crippen LogP contribution in [0, 0.1) is 23.0 Å². The fourth-order valence-electron chi connectivity index (χ4n) is 3.54. The summed E-state index contributed by atoms with van der Waals surface area (Å²) in [4.78, 5) is 34.7. The first-order chi connectivity index (χ1) is 17.1. The van der Waals surface area contributed by atoms with E-state index < -0.39 is 0 Å². The van der Waals surface area contributed by atoms with Crippen LogP contribution < -0.4 is 5.32 Å². The molecule has 0 heterocycles. The second kappa shape index (κ2) is 24.1. The molecule has 1 N–H and O–H groups in total. The van der Waals surface area contributed by atoms with Crippen LogP contribution >= 0.6 is 0 Å². The third-order valence-electron chi connectivity index (χ3n) is 5.39. The highest BCUT2D eigenvalue weighted by Gasteiger charge is 2.20. The van der Waals surface area contributed by atoms with E-state index in [1.807, 2.05) is 0 Å². The summed E-state index contributed by atoms with van der Waals surface area (Å²) in [5.41, 5.74) is 0. The van der Waals surface area contributed by atoms with Gasteiger partial charge in [0.05, 0.1) is 0 Å².